The molecule has 3 unspecified atom stereocenters. The SMILES string of the molecule is CC(O)(CO)CNC1CCCC(C2CC2)C1. The molecule has 0 radical (unpaired) electrons. The minimum absolute atomic E-state index is 0.168. The zero-order chi connectivity index (χ0) is 11.6. The van der Waals surface area contributed by atoms with E-state index in [0.29, 0.717) is 12.6 Å². The lowest BCUT2D eigenvalue weighted by Gasteiger charge is -2.32. The fraction of sp³-hybridized carbons (Fsp3) is 1.00. The van der Waals surface area contributed by atoms with Gasteiger partial charge in [-0.15, -0.1) is 0 Å². The maximum absolute atomic E-state index is 9.73. The summed E-state index contributed by atoms with van der Waals surface area (Å²) < 4.78 is 0. The van der Waals surface area contributed by atoms with Gasteiger partial charge in [-0.3, -0.25) is 0 Å². The number of nitrogens with one attached hydrogen (secondary N) is 1. The Morgan fingerprint density at radius 2 is 1.94 bits per heavy atom. The van der Waals surface area contributed by atoms with Gasteiger partial charge in [0.1, 0.15) is 0 Å². The third kappa shape index (κ3) is 3.44. The van der Waals surface area contributed by atoms with Crippen molar-refractivity contribution in [1.29, 1.82) is 0 Å². The molecule has 3 nitrogen and oxygen atoms in total. The van der Waals surface area contributed by atoms with Gasteiger partial charge in [-0.05, 0) is 44.4 Å². The van der Waals surface area contributed by atoms with Crippen molar-refractivity contribution >= 4 is 0 Å². The van der Waals surface area contributed by atoms with Crippen LogP contribution in [0.3, 0.4) is 0 Å². The van der Waals surface area contributed by atoms with Crippen molar-refractivity contribution in [2.45, 2.75) is 57.1 Å². The van der Waals surface area contributed by atoms with Crippen molar-refractivity contribution in [3.8, 4) is 0 Å². The van der Waals surface area contributed by atoms with E-state index in [-0.39, 0.29) is 6.61 Å². The topological polar surface area (TPSA) is 52.5 Å². The maximum Gasteiger partial charge on any atom is 0.0972 e. The Kier molecular flexibility index (Phi) is 3.88. The maximum atomic E-state index is 9.73. The van der Waals surface area contributed by atoms with Crippen molar-refractivity contribution in [3.05, 3.63) is 0 Å². The zero-order valence-corrected chi connectivity index (χ0v) is 10.3. The van der Waals surface area contributed by atoms with Crippen LogP contribution in [-0.4, -0.2) is 35.0 Å². The molecule has 0 aromatic heterocycles. The van der Waals surface area contributed by atoms with Gasteiger partial charge in [0.2, 0.25) is 0 Å². The predicted molar refractivity (Wildman–Crippen MR) is 64.2 cm³/mol. The van der Waals surface area contributed by atoms with Crippen LogP contribution in [0.4, 0.5) is 0 Å². The highest BCUT2D eigenvalue weighted by atomic mass is 16.3. The summed E-state index contributed by atoms with van der Waals surface area (Å²) in [5.41, 5.74) is -0.966. The van der Waals surface area contributed by atoms with Gasteiger partial charge in [0.25, 0.3) is 0 Å². The van der Waals surface area contributed by atoms with E-state index >= 15 is 0 Å². The van der Waals surface area contributed by atoms with Crippen LogP contribution < -0.4 is 5.32 Å². The zero-order valence-electron chi connectivity index (χ0n) is 10.3. The molecule has 0 saturated heterocycles. The molecule has 0 amide bonds. The van der Waals surface area contributed by atoms with Crippen LogP contribution in [0.25, 0.3) is 0 Å². The van der Waals surface area contributed by atoms with Crippen molar-refractivity contribution in [2.24, 2.45) is 11.8 Å². The first-order valence-corrected chi connectivity index (χ1v) is 6.67. The summed E-state index contributed by atoms with van der Waals surface area (Å²) >= 11 is 0. The highest BCUT2D eigenvalue weighted by molar-refractivity contribution is 4.88. The van der Waals surface area contributed by atoms with Crippen LogP contribution in [0.15, 0.2) is 0 Å². The van der Waals surface area contributed by atoms with Crippen molar-refractivity contribution in [3.63, 3.8) is 0 Å². The van der Waals surface area contributed by atoms with Gasteiger partial charge in [-0.2, -0.15) is 0 Å². The molecule has 0 heterocycles. The number of hydrogen-bond donors (Lipinski definition) is 3. The minimum Gasteiger partial charge on any atom is -0.393 e. The fourth-order valence-corrected chi connectivity index (χ4v) is 2.83. The molecule has 2 fully saturated rings. The van der Waals surface area contributed by atoms with Crippen LogP contribution in [-0.2, 0) is 0 Å². The first-order valence-electron chi connectivity index (χ1n) is 6.67. The Hall–Kier alpha value is -0.120. The molecular formula is C13H25NO2. The molecule has 0 aromatic rings. The summed E-state index contributed by atoms with van der Waals surface area (Å²) in [6.07, 6.45) is 8.09. The fourth-order valence-electron chi connectivity index (χ4n) is 2.83. The molecule has 3 heteroatoms. The predicted octanol–water partition coefficient (Wildman–Crippen LogP) is 1.29. The molecule has 0 bridgehead atoms. The molecule has 16 heavy (non-hydrogen) atoms. The summed E-state index contributed by atoms with van der Waals surface area (Å²) in [5, 5.41) is 22.1. The summed E-state index contributed by atoms with van der Waals surface area (Å²) in [7, 11) is 0. The number of hydrogen-bond acceptors (Lipinski definition) is 3. The molecule has 3 N–H and O–H groups in total. The minimum atomic E-state index is -0.966. The first-order chi connectivity index (χ1) is 7.61. The van der Waals surface area contributed by atoms with E-state index < -0.39 is 5.60 Å². The van der Waals surface area contributed by atoms with Gasteiger partial charge in [-0.1, -0.05) is 12.8 Å². The third-order valence-corrected chi connectivity index (χ3v) is 4.12. The van der Waals surface area contributed by atoms with Gasteiger partial charge in [0.15, 0.2) is 0 Å². The quantitative estimate of drug-likeness (QED) is 0.663. The Morgan fingerprint density at radius 3 is 2.56 bits per heavy atom. The molecule has 3 atom stereocenters. The molecule has 2 saturated carbocycles. The van der Waals surface area contributed by atoms with Crippen LogP contribution in [0.5, 0.6) is 0 Å². The molecule has 94 valence electrons. The van der Waals surface area contributed by atoms with E-state index in [1.807, 2.05) is 0 Å². The molecular weight excluding hydrogens is 202 g/mol. The summed E-state index contributed by atoms with van der Waals surface area (Å²) in [6.45, 7) is 2.02. The van der Waals surface area contributed by atoms with Gasteiger partial charge >= 0.3 is 0 Å². The van der Waals surface area contributed by atoms with Gasteiger partial charge in [0, 0.05) is 12.6 Å². The van der Waals surface area contributed by atoms with Crippen LogP contribution in [0.2, 0.25) is 0 Å². The standard InChI is InChI=1S/C13H25NO2/c1-13(16,9-15)8-14-12-4-2-3-11(7-12)10-5-6-10/h10-12,14-16H,2-9H2,1H3. The second kappa shape index (κ2) is 5.03. The van der Waals surface area contributed by atoms with E-state index in [1.54, 1.807) is 6.92 Å². The number of aliphatic hydroxyl groups is 2. The normalized spacial score (nSPS) is 34.7. The Bertz CT molecular complexity index is 226. The summed E-state index contributed by atoms with van der Waals surface area (Å²) in [5.74, 6) is 1.92. The van der Waals surface area contributed by atoms with E-state index in [4.69, 9.17) is 5.11 Å². The smallest absolute Gasteiger partial charge is 0.0972 e. The second-order valence-electron chi connectivity index (χ2n) is 6.00. The largest absolute Gasteiger partial charge is 0.393 e. The lowest BCUT2D eigenvalue weighted by atomic mass is 9.82. The van der Waals surface area contributed by atoms with Crippen molar-refractivity contribution in [1.82, 2.24) is 5.32 Å². The molecule has 2 aliphatic rings. The summed E-state index contributed by atoms with van der Waals surface area (Å²) in [6, 6.07) is 0.553. The van der Waals surface area contributed by atoms with E-state index in [2.05, 4.69) is 5.32 Å². The highest BCUT2D eigenvalue weighted by Gasteiger charge is 2.34. The molecule has 0 spiro atoms. The van der Waals surface area contributed by atoms with Gasteiger partial charge in [-0.25, -0.2) is 0 Å². The first kappa shape index (κ1) is 12.3. The summed E-state index contributed by atoms with van der Waals surface area (Å²) in [4.78, 5) is 0. The highest BCUT2D eigenvalue weighted by Crippen LogP contribution is 2.43. The molecule has 2 aliphatic carbocycles. The number of rotatable bonds is 5. The van der Waals surface area contributed by atoms with E-state index in [0.717, 1.165) is 11.8 Å². The van der Waals surface area contributed by atoms with E-state index in [9.17, 15) is 5.11 Å². The van der Waals surface area contributed by atoms with Crippen LogP contribution >= 0.6 is 0 Å². The van der Waals surface area contributed by atoms with Crippen LogP contribution in [0, 0.1) is 11.8 Å². The van der Waals surface area contributed by atoms with Crippen molar-refractivity contribution < 1.29 is 10.2 Å². The second-order valence-corrected chi connectivity index (χ2v) is 6.00. The van der Waals surface area contributed by atoms with E-state index in [1.165, 1.54) is 38.5 Å². The Morgan fingerprint density at radius 1 is 1.19 bits per heavy atom. The average molecular weight is 227 g/mol. The monoisotopic (exact) mass is 227 g/mol. The molecule has 0 aromatic carbocycles. The van der Waals surface area contributed by atoms with Crippen LogP contribution in [0.1, 0.15) is 45.4 Å². The van der Waals surface area contributed by atoms with Crippen molar-refractivity contribution in [2.75, 3.05) is 13.2 Å². The molecule has 0 aliphatic heterocycles. The Balaban J connectivity index is 1.72. The number of aliphatic hydroxyl groups excluding tert-OH is 1. The lowest BCUT2D eigenvalue weighted by molar-refractivity contribution is -0.000844. The van der Waals surface area contributed by atoms with Gasteiger partial charge in [0.05, 0.1) is 12.2 Å². The molecule has 2 rings (SSSR count). The Labute approximate surface area is 98.2 Å². The van der Waals surface area contributed by atoms with Gasteiger partial charge < -0.3 is 15.5 Å². The average Bonchev–Trinajstić information content (AvgIpc) is 3.11. The lowest BCUT2D eigenvalue weighted by Crippen LogP contribution is -2.46. The third-order valence-electron chi connectivity index (χ3n) is 4.12.